The van der Waals surface area contributed by atoms with Crippen LogP contribution in [0.2, 0.25) is 0 Å². The smallest absolute Gasteiger partial charge is 0.226 e. The molecule has 29 heavy (non-hydrogen) atoms. The molecule has 3 rings (SSSR count). The first-order chi connectivity index (χ1) is 14.0. The van der Waals surface area contributed by atoms with Crippen molar-refractivity contribution in [3.05, 3.63) is 83.7 Å². The van der Waals surface area contributed by atoms with Gasteiger partial charge in [0.1, 0.15) is 0 Å². The minimum atomic E-state index is 0.0926. The summed E-state index contributed by atoms with van der Waals surface area (Å²) in [5, 5.41) is 0. The highest BCUT2D eigenvalue weighted by molar-refractivity contribution is 5.97. The predicted molar refractivity (Wildman–Crippen MR) is 117 cm³/mol. The van der Waals surface area contributed by atoms with Crippen LogP contribution in [0.4, 0.5) is 5.69 Å². The van der Waals surface area contributed by atoms with Gasteiger partial charge in [0, 0.05) is 43.5 Å². The minimum Gasteiger partial charge on any atom is -0.315 e. The Morgan fingerprint density at radius 2 is 1.72 bits per heavy atom. The van der Waals surface area contributed by atoms with E-state index in [-0.39, 0.29) is 11.7 Å². The summed E-state index contributed by atoms with van der Waals surface area (Å²) in [4.78, 5) is 30.2. The van der Waals surface area contributed by atoms with Gasteiger partial charge in [-0.1, -0.05) is 43.3 Å². The molecule has 1 aromatic heterocycles. The van der Waals surface area contributed by atoms with Crippen LogP contribution >= 0.6 is 0 Å². The number of pyridine rings is 1. The Balaban J connectivity index is 1.70. The summed E-state index contributed by atoms with van der Waals surface area (Å²) in [5.74, 6) is 0.224. The van der Waals surface area contributed by atoms with Crippen molar-refractivity contribution in [1.29, 1.82) is 0 Å². The summed E-state index contributed by atoms with van der Waals surface area (Å²) in [5.41, 5.74) is 5.87. The molecule has 0 aliphatic heterocycles. The quantitative estimate of drug-likeness (QED) is 0.521. The number of rotatable bonds is 7. The Bertz CT molecular complexity index is 995. The van der Waals surface area contributed by atoms with Gasteiger partial charge in [-0.2, -0.15) is 0 Å². The molecule has 4 nitrogen and oxygen atoms in total. The van der Waals surface area contributed by atoms with Crippen molar-refractivity contribution in [2.24, 2.45) is 0 Å². The van der Waals surface area contributed by atoms with Crippen LogP contribution in [-0.4, -0.2) is 23.7 Å². The van der Waals surface area contributed by atoms with Crippen molar-refractivity contribution in [2.75, 3.05) is 11.9 Å². The van der Waals surface area contributed by atoms with E-state index in [0.29, 0.717) is 19.3 Å². The van der Waals surface area contributed by atoms with E-state index in [2.05, 4.69) is 11.1 Å². The van der Waals surface area contributed by atoms with Gasteiger partial charge in [-0.15, -0.1) is 0 Å². The summed E-state index contributed by atoms with van der Waals surface area (Å²) in [7, 11) is 1.81. The molecule has 0 aliphatic rings. The number of nitrogens with zero attached hydrogens (tertiary/aromatic N) is 2. The second-order valence-corrected chi connectivity index (χ2v) is 7.17. The normalized spacial score (nSPS) is 10.6. The Labute approximate surface area is 172 Å². The molecule has 4 heteroatoms. The van der Waals surface area contributed by atoms with Crippen LogP contribution in [0.25, 0.3) is 11.1 Å². The number of aromatic nitrogens is 1. The summed E-state index contributed by atoms with van der Waals surface area (Å²) in [6, 6.07) is 17.7. The molecule has 0 radical (unpaired) electrons. The van der Waals surface area contributed by atoms with Crippen LogP contribution in [-0.2, 0) is 11.2 Å². The zero-order valence-electron chi connectivity index (χ0n) is 17.2. The second-order valence-electron chi connectivity index (χ2n) is 7.17. The van der Waals surface area contributed by atoms with E-state index in [0.717, 1.165) is 33.5 Å². The molecule has 0 fully saturated rings. The van der Waals surface area contributed by atoms with Gasteiger partial charge in [-0.25, -0.2) is 0 Å². The third-order valence-electron chi connectivity index (χ3n) is 5.14. The van der Waals surface area contributed by atoms with Crippen molar-refractivity contribution in [3.63, 3.8) is 0 Å². The van der Waals surface area contributed by atoms with Crippen LogP contribution in [0, 0.1) is 6.92 Å². The number of hydrogen-bond acceptors (Lipinski definition) is 3. The largest absolute Gasteiger partial charge is 0.315 e. The number of benzene rings is 2. The summed E-state index contributed by atoms with van der Waals surface area (Å²) >= 11 is 0. The lowest BCUT2D eigenvalue weighted by molar-refractivity contribution is -0.118. The molecule has 148 valence electrons. The number of Topliss-reactive ketones (excluding diaryl/α,β-unsaturated/α-hetero) is 1. The van der Waals surface area contributed by atoms with Crippen molar-refractivity contribution in [2.45, 2.75) is 33.1 Å². The van der Waals surface area contributed by atoms with E-state index in [1.165, 1.54) is 0 Å². The summed E-state index contributed by atoms with van der Waals surface area (Å²) < 4.78 is 0. The standard InChI is InChI=1S/C25H26N2O2/c1-4-25(29)27(3)23-13-12-22(16-18(23)2)20-8-10-21(11-9-20)24(28)14-7-19-6-5-15-26-17-19/h5-6,8-13,15-17H,4,7,14H2,1-3H3. The van der Waals surface area contributed by atoms with Gasteiger partial charge in [0.2, 0.25) is 5.91 Å². The van der Waals surface area contributed by atoms with Gasteiger partial charge in [0.05, 0.1) is 0 Å². The first-order valence-electron chi connectivity index (χ1n) is 9.89. The topological polar surface area (TPSA) is 50.3 Å². The molecule has 0 N–H and O–H groups in total. The zero-order chi connectivity index (χ0) is 20.8. The Kier molecular flexibility index (Phi) is 6.55. The zero-order valence-corrected chi connectivity index (χ0v) is 17.2. The molecule has 0 unspecified atom stereocenters. The van der Waals surface area contributed by atoms with Gasteiger partial charge in [0.15, 0.2) is 5.78 Å². The average Bonchev–Trinajstić information content (AvgIpc) is 2.77. The number of ketones is 1. The molecular weight excluding hydrogens is 360 g/mol. The maximum Gasteiger partial charge on any atom is 0.226 e. The SMILES string of the molecule is CCC(=O)N(C)c1ccc(-c2ccc(C(=O)CCc3cccnc3)cc2)cc1C. The number of amides is 1. The highest BCUT2D eigenvalue weighted by Gasteiger charge is 2.12. The Morgan fingerprint density at radius 1 is 1.00 bits per heavy atom. The van der Waals surface area contributed by atoms with E-state index in [1.807, 2.05) is 62.4 Å². The number of carbonyl (C=O) groups excluding carboxylic acids is 2. The average molecular weight is 386 g/mol. The van der Waals surface area contributed by atoms with Gasteiger partial charge in [-0.3, -0.25) is 14.6 Å². The molecule has 3 aromatic rings. The molecule has 0 aliphatic carbocycles. The van der Waals surface area contributed by atoms with Crippen molar-refractivity contribution < 1.29 is 9.59 Å². The third kappa shape index (κ3) is 4.96. The lowest BCUT2D eigenvalue weighted by atomic mass is 9.98. The molecular formula is C25H26N2O2. The molecule has 0 spiro atoms. The van der Waals surface area contributed by atoms with Gasteiger partial charge in [0.25, 0.3) is 0 Å². The molecule has 0 bridgehead atoms. The summed E-state index contributed by atoms with van der Waals surface area (Å²) in [6.07, 6.45) is 5.18. The lowest BCUT2D eigenvalue weighted by Crippen LogP contribution is -2.25. The van der Waals surface area contributed by atoms with E-state index >= 15 is 0 Å². The van der Waals surface area contributed by atoms with E-state index in [9.17, 15) is 9.59 Å². The fourth-order valence-electron chi connectivity index (χ4n) is 3.38. The third-order valence-corrected chi connectivity index (χ3v) is 5.14. The maximum absolute atomic E-state index is 12.5. The highest BCUT2D eigenvalue weighted by Crippen LogP contribution is 2.27. The second kappa shape index (κ2) is 9.28. The van der Waals surface area contributed by atoms with Crippen molar-refractivity contribution in [3.8, 4) is 11.1 Å². The fourth-order valence-corrected chi connectivity index (χ4v) is 3.38. The predicted octanol–water partition coefficient (Wildman–Crippen LogP) is 5.25. The monoisotopic (exact) mass is 386 g/mol. The van der Waals surface area contributed by atoms with Crippen LogP contribution in [0.15, 0.2) is 67.0 Å². The van der Waals surface area contributed by atoms with Gasteiger partial charge in [-0.05, 0) is 53.8 Å². The first kappa shape index (κ1) is 20.5. The minimum absolute atomic E-state index is 0.0926. The molecule has 0 saturated carbocycles. The van der Waals surface area contributed by atoms with Gasteiger partial charge < -0.3 is 4.90 Å². The molecule has 1 amide bonds. The summed E-state index contributed by atoms with van der Waals surface area (Å²) in [6.45, 7) is 3.87. The van der Waals surface area contributed by atoms with Crippen molar-refractivity contribution >= 4 is 17.4 Å². The van der Waals surface area contributed by atoms with Crippen molar-refractivity contribution in [1.82, 2.24) is 4.98 Å². The van der Waals surface area contributed by atoms with Crippen LogP contribution in [0.3, 0.4) is 0 Å². The number of anilines is 1. The van der Waals surface area contributed by atoms with Crippen LogP contribution in [0.1, 0.15) is 41.3 Å². The fraction of sp³-hybridized carbons (Fsp3) is 0.240. The van der Waals surface area contributed by atoms with E-state index < -0.39 is 0 Å². The molecule has 0 atom stereocenters. The molecule has 0 saturated heterocycles. The lowest BCUT2D eigenvalue weighted by Gasteiger charge is -2.19. The van der Waals surface area contributed by atoms with Crippen LogP contribution in [0.5, 0.6) is 0 Å². The van der Waals surface area contributed by atoms with E-state index in [4.69, 9.17) is 0 Å². The molecule has 1 heterocycles. The maximum atomic E-state index is 12.5. The van der Waals surface area contributed by atoms with Gasteiger partial charge >= 0.3 is 0 Å². The number of hydrogen-bond donors (Lipinski definition) is 0. The first-order valence-corrected chi connectivity index (χ1v) is 9.89. The Morgan fingerprint density at radius 3 is 2.34 bits per heavy atom. The molecule has 2 aromatic carbocycles. The number of aryl methyl sites for hydroxylation is 2. The Hall–Kier alpha value is -3.27. The number of carbonyl (C=O) groups is 2. The highest BCUT2D eigenvalue weighted by atomic mass is 16.2. The van der Waals surface area contributed by atoms with E-state index in [1.54, 1.807) is 24.3 Å². The van der Waals surface area contributed by atoms with Crippen LogP contribution < -0.4 is 4.90 Å².